The standard InChI is InChI=1S/C21H18ClNO5S2.C21H19NO5S2.C19H16N2O3S2.C19H15NO4S2.C15H15NO4S2.2CH4/c1-12-3-5-14(15(22)7-12)11-28-16-6-4-13(8-17(16)27-2)9-18-20(26)23(10-19(24)25)21(29)30-18;1-13-3-5-14(6-4-13)12-27-16-8-7-15(9-17(16)26-2)10-18-20(25)22(11-19(23)24)21(28)29-18;1-20(14-5-3-2-4-6-14)15-9-7-13(8-10-15)11-16-18(24)21(12-17(22)23)19(25)26-16;21-17(22)11-20-18(23)16(26-19(20)25)10-14-8-4-5-9-15(14)24-12-13-6-2-1-3-7-13;1-2-7-20-11-5-3-10(4-6-11)8-12-14(19)16(9-13(17)18)15(21)22-12;;/h3-9H,10-11H2,1-2H3,(H,24,25);3-10H,11-12H2,1-2H3,(H,23,24);2-11H,12H2,1H3,(H,22,23);1-10H,11-12H2,(H,21,22);3-6,8H,2,7,9H2,1H3,(H,17,18);2*1H4/b18-9-;18-10-;16-11-;16-10-;12-8-;;. The second-order valence-electron chi connectivity index (χ2n) is 28.5. The molecule has 0 radical (unpaired) electrons. The summed E-state index contributed by atoms with van der Waals surface area (Å²) in [6.07, 6.45) is 9.35. The van der Waals surface area contributed by atoms with Gasteiger partial charge in [-0.2, -0.15) is 0 Å². The highest BCUT2D eigenvalue weighted by molar-refractivity contribution is 8.28. The molecule has 9 aromatic carbocycles. The molecule has 14 rings (SSSR count). The van der Waals surface area contributed by atoms with Crippen LogP contribution in [0.3, 0.4) is 0 Å². The molecule has 5 fully saturated rings. The van der Waals surface area contributed by atoms with Crippen molar-refractivity contribution in [3.05, 3.63) is 298 Å². The van der Waals surface area contributed by atoms with E-state index in [0.29, 0.717) is 83.7 Å². The number of carboxylic acids is 5. The summed E-state index contributed by atoms with van der Waals surface area (Å²) >= 11 is 37.2. The molecule has 135 heavy (non-hydrogen) atoms. The largest absolute Gasteiger partial charge is 0.494 e. The number of rotatable bonds is 31. The molecule has 9 aromatic rings. The van der Waals surface area contributed by atoms with Crippen LogP contribution >= 0.6 is 131 Å². The second kappa shape index (κ2) is 52.4. The molecular weight excluding hydrogens is 1940 g/mol. The third kappa shape index (κ3) is 31.5. The van der Waals surface area contributed by atoms with Crippen LogP contribution in [-0.4, -0.2) is 192 Å². The third-order valence-electron chi connectivity index (χ3n) is 18.7. The number of nitrogens with zero attached hydrogens (tertiary/aromatic N) is 6. The molecule has 5 N–H and O–H groups in total. The van der Waals surface area contributed by atoms with Gasteiger partial charge in [0.25, 0.3) is 29.5 Å². The Bertz CT molecular complexity index is 6130. The first kappa shape index (κ1) is 108. The lowest BCUT2D eigenvalue weighted by atomic mass is 10.1. The Balaban J connectivity index is 0.000000207. The first-order chi connectivity index (χ1) is 63.6. The Morgan fingerprint density at radius 2 is 0.704 bits per heavy atom. The number of anilines is 2. The number of thiocarbonyl (C=S) groups is 5. The molecule has 0 aromatic heterocycles. The average Bonchev–Trinajstić information content (AvgIpc) is 1.91. The number of ether oxygens (including phenoxy) is 6. The van der Waals surface area contributed by atoms with Crippen molar-refractivity contribution >= 4 is 254 Å². The van der Waals surface area contributed by atoms with Gasteiger partial charge in [0.2, 0.25) is 0 Å². The number of benzene rings is 9. The predicted octanol–water partition coefficient (Wildman–Crippen LogP) is 19.7. The van der Waals surface area contributed by atoms with E-state index in [0.717, 1.165) is 151 Å². The van der Waals surface area contributed by atoms with Crippen LogP contribution in [-0.2, 0) is 67.8 Å². The first-order valence-electron chi connectivity index (χ1n) is 39.8. The van der Waals surface area contributed by atoms with Gasteiger partial charge in [-0.15, -0.1) is 0 Å². The summed E-state index contributed by atoms with van der Waals surface area (Å²) in [7, 11) is 5.06. The van der Waals surface area contributed by atoms with Crippen molar-refractivity contribution in [2.45, 2.75) is 61.9 Å². The highest BCUT2D eigenvalue weighted by atomic mass is 35.5. The number of methoxy groups -OCH3 is 2. The normalized spacial score (nSPS) is 15.3. The van der Waals surface area contributed by atoms with Gasteiger partial charge in [0, 0.05) is 34.6 Å². The number of carbonyl (C=O) groups excluding carboxylic acids is 5. The number of hydrogen-bond donors (Lipinski definition) is 5. The Morgan fingerprint density at radius 1 is 0.370 bits per heavy atom. The topological polar surface area (TPSA) is 347 Å². The summed E-state index contributed by atoms with van der Waals surface area (Å²) in [5.74, 6) is -3.94. The fourth-order valence-corrected chi connectivity index (χ4v) is 18.7. The van der Waals surface area contributed by atoms with Gasteiger partial charge >= 0.3 is 29.8 Å². The molecule has 5 heterocycles. The van der Waals surface area contributed by atoms with E-state index in [9.17, 15) is 47.9 Å². The number of amides is 5. The van der Waals surface area contributed by atoms with Gasteiger partial charge < -0.3 is 58.9 Å². The monoisotopic (exact) mass is 2030 g/mol. The van der Waals surface area contributed by atoms with Crippen LogP contribution in [0.5, 0.6) is 34.5 Å². The maximum absolute atomic E-state index is 12.4. The minimum absolute atomic E-state index is 0. The molecule has 0 unspecified atom stereocenters. The molecule has 0 bridgehead atoms. The van der Waals surface area contributed by atoms with E-state index >= 15 is 0 Å². The molecule has 5 aliphatic heterocycles. The molecule has 27 nitrogen and oxygen atoms in total. The Hall–Kier alpha value is -12.5. The highest BCUT2D eigenvalue weighted by Crippen LogP contribution is 2.41. The minimum Gasteiger partial charge on any atom is -0.494 e. The average molecular weight is 2030 g/mol. The molecule has 5 aliphatic rings. The molecule has 5 amide bonds. The molecule has 0 aliphatic carbocycles. The van der Waals surface area contributed by atoms with Gasteiger partial charge in [0.1, 0.15) is 85.6 Å². The summed E-state index contributed by atoms with van der Waals surface area (Å²) in [5.41, 5.74) is 11.1. The number of carbonyl (C=O) groups is 10. The zero-order valence-electron chi connectivity index (χ0n) is 71.6. The SMILES string of the molecule is C.C.CCCOc1ccc(/C=C2\SC(=S)N(CC(=O)O)C2=O)cc1.CN(c1ccccc1)c1ccc(/C=C2\SC(=S)N(CC(=O)O)C2=O)cc1.COc1cc(/C=C2\SC(=S)N(CC(=O)O)C2=O)ccc1OCc1ccc(C)cc1.COc1cc(/C=C2\SC(=S)N(CC(=O)O)C2=O)ccc1OCc1ccc(C)cc1Cl.O=C(O)CN1C(=O)/C(=C/c2ccccc2OCc2ccccc2)SC1=S. The molecule has 0 spiro atoms. The molecular formula is C97H91ClN6O21S10. The van der Waals surface area contributed by atoms with Crippen molar-refractivity contribution in [3.63, 3.8) is 0 Å². The van der Waals surface area contributed by atoms with Crippen LogP contribution in [0.4, 0.5) is 11.4 Å². The van der Waals surface area contributed by atoms with Crippen molar-refractivity contribution in [1.82, 2.24) is 24.5 Å². The molecule has 0 atom stereocenters. The number of thioether (sulfide) groups is 5. The molecule has 38 heteroatoms. The predicted molar refractivity (Wildman–Crippen MR) is 553 cm³/mol. The number of carboxylic acid groups (broad SMARTS) is 5. The Kier molecular flexibility index (Phi) is 41.8. The van der Waals surface area contributed by atoms with Crippen LogP contribution in [0.2, 0.25) is 5.02 Å². The van der Waals surface area contributed by atoms with Crippen LogP contribution in [0.15, 0.2) is 237 Å². The van der Waals surface area contributed by atoms with Crippen LogP contribution in [0, 0.1) is 13.8 Å². The smallest absolute Gasteiger partial charge is 0.323 e. The Labute approximate surface area is 833 Å². The first-order valence-corrected chi connectivity index (χ1v) is 46.3. The summed E-state index contributed by atoms with van der Waals surface area (Å²) in [4.78, 5) is 125. The number of halogens is 1. The van der Waals surface area contributed by atoms with Crippen molar-refractivity contribution in [2.75, 3.05) is 65.5 Å². The van der Waals surface area contributed by atoms with Gasteiger partial charge in [-0.05, 0) is 162 Å². The van der Waals surface area contributed by atoms with E-state index in [-0.39, 0.29) is 54.9 Å². The van der Waals surface area contributed by atoms with Crippen molar-refractivity contribution in [2.24, 2.45) is 0 Å². The zero-order valence-corrected chi connectivity index (χ0v) is 80.5. The van der Waals surface area contributed by atoms with Crippen LogP contribution < -0.4 is 33.3 Å². The quantitative estimate of drug-likeness (QED) is 0.0199. The van der Waals surface area contributed by atoms with Gasteiger partial charge in [-0.3, -0.25) is 72.4 Å². The second-order valence-corrected chi connectivity index (χ2v) is 37.3. The van der Waals surface area contributed by atoms with Crippen LogP contribution in [0.25, 0.3) is 30.4 Å². The Morgan fingerprint density at radius 3 is 1.10 bits per heavy atom. The number of para-hydroxylation sites is 2. The number of aliphatic carboxylic acids is 5. The number of hydrogen-bond acceptors (Lipinski definition) is 27. The zero-order chi connectivity index (χ0) is 96.1. The summed E-state index contributed by atoms with van der Waals surface area (Å²) in [6.45, 7) is 5.62. The van der Waals surface area contributed by atoms with Crippen molar-refractivity contribution < 1.29 is 102 Å². The van der Waals surface area contributed by atoms with Gasteiger partial charge in [0.05, 0.1) is 45.4 Å². The van der Waals surface area contributed by atoms with E-state index in [1.54, 1.807) is 73.9 Å². The van der Waals surface area contributed by atoms with E-state index in [2.05, 4.69) is 4.90 Å². The van der Waals surface area contributed by atoms with Gasteiger partial charge in [0.15, 0.2) is 23.0 Å². The fraction of sp³-hybridized carbons (Fsp3) is 0.186. The van der Waals surface area contributed by atoms with Gasteiger partial charge in [-0.1, -0.05) is 298 Å². The van der Waals surface area contributed by atoms with E-state index in [1.807, 2.05) is 204 Å². The summed E-state index contributed by atoms with van der Waals surface area (Å²) in [5, 5.41) is 45.0. The third-order valence-corrected chi connectivity index (χ3v) is 26.0. The molecule has 0 saturated carbocycles. The lowest BCUT2D eigenvalue weighted by Crippen LogP contribution is -2.33. The molecule has 702 valence electrons. The lowest BCUT2D eigenvalue weighted by Gasteiger charge is -2.19. The lowest BCUT2D eigenvalue weighted by molar-refractivity contribution is -0.140. The summed E-state index contributed by atoms with van der Waals surface area (Å²) < 4.78 is 35.2. The van der Waals surface area contributed by atoms with E-state index < -0.39 is 80.3 Å². The van der Waals surface area contributed by atoms with Gasteiger partial charge in [-0.25, -0.2) is 0 Å². The van der Waals surface area contributed by atoms with E-state index in [4.69, 9.17) is 127 Å². The maximum Gasteiger partial charge on any atom is 0.323 e. The van der Waals surface area contributed by atoms with Crippen LogP contribution in [0.1, 0.15) is 83.8 Å². The van der Waals surface area contributed by atoms with Crippen molar-refractivity contribution in [3.8, 4) is 34.5 Å². The fourth-order valence-electron chi connectivity index (χ4n) is 12.1. The highest BCUT2D eigenvalue weighted by Gasteiger charge is 2.38. The maximum atomic E-state index is 12.4. The van der Waals surface area contributed by atoms with Crippen molar-refractivity contribution in [1.29, 1.82) is 0 Å². The molecule has 5 saturated heterocycles. The minimum atomic E-state index is -1.12. The van der Waals surface area contributed by atoms with E-state index in [1.165, 1.54) is 12.7 Å². The number of aryl methyl sites for hydroxylation is 2. The summed E-state index contributed by atoms with van der Waals surface area (Å²) in [6, 6.07) is 66.7.